The van der Waals surface area contributed by atoms with Crippen LogP contribution in [0.15, 0.2) is 12.7 Å². The maximum Gasteiger partial charge on any atom is 0.246 e. The normalized spacial score (nSPS) is 38.1. The number of nitrogens with zero attached hydrogens (tertiary/aromatic N) is 1. The van der Waals surface area contributed by atoms with E-state index in [2.05, 4.69) is 6.58 Å². The van der Waals surface area contributed by atoms with Crippen molar-refractivity contribution in [1.82, 2.24) is 4.90 Å². The Morgan fingerprint density at radius 1 is 1.65 bits per heavy atom. The van der Waals surface area contributed by atoms with E-state index in [4.69, 9.17) is 4.74 Å². The van der Waals surface area contributed by atoms with E-state index in [0.29, 0.717) is 19.6 Å². The van der Waals surface area contributed by atoms with E-state index in [0.717, 1.165) is 19.4 Å². The number of likely N-dealkylation sites (tertiary alicyclic amines) is 1. The minimum absolute atomic E-state index is 0.0163. The first kappa shape index (κ1) is 12.6. The third-order valence-electron chi connectivity index (χ3n) is 4.07. The van der Waals surface area contributed by atoms with Crippen LogP contribution in [0.25, 0.3) is 0 Å². The first-order chi connectivity index (χ1) is 8.06. The molecule has 2 heterocycles. The summed E-state index contributed by atoms with van der Waals surface area (Å²) in [6.07, 6.45) is 3.95. The second-order valence-electron chi connectivity index (χ2n) is 5.23. The van der Waals surface area contributed by atoms with E-state index in [1.165, 1.54) is 6.08 Å². The molecule has 1 N–H and O–H groups in total. The average molecular weight is 239 g/mol. The van der Waals surface area contributed by atoms with Crippen LogP contribution in [-0.2, 0) is 9.53 Å². The molecule has 0 bridgehead atoms. The second kappa shape index (κ2) is 4.78. The maximum absolute atomic E-state index is 11.8. The van der Waals surface area contributed by atoms with Crippen LogP contribution in [0, 0.1) is 5.92 Å². The van der Waals surface area contributed by atoms with Crippen LogP contribution in [0.5, 0.6) is 0 Å². The van der Waals surface area contributed by atoms with Gasteiger partial charge in [0.1, 0.15) is 0 Å². The highest BCUT2D eigenvalue weighted by atomic mass is 16.5. The summed E-state index contributed by atoms with van der Waals surface area (Å²) in [5.41, 5.74) is -0.729. The summed E-state index contributed by atoms with van der Waals surface area (Å²) in [7, 11) is 0. The van der Waals surface area contributed by atoms with Crippen molar-refractivity contribution in [2.45, 2.75) is 37.8 Å². The van der Waals surface area contributed by atoms with Gasteiger partial charge in [-0.05, 0) is 32.3 Å². The lowest BCUT2D eigenvalue weighted by Gasteiger charge is -2.43. The van der Waals surface area contributed by atoms with Crippen molar-refractivity contribution in [3.63, 3.8) is 0 Å². The lowest BCUT2D eigenvalue weighted by molar-refractivity contribution is -0.141. The van der Waals surface area contributed by atoms with Crippen molar-refractivity contribution in [3.8, 4) is 0 Å². The summed E-state index contributed by atoms with van der Waals surface area (Å²) in [6, 6.07) is 0.0933. The molecule has 0 aromatic rings. The number of amides is 1. The molecule has 0 aromatic heterocycles. The Morgan fingerprint density at radius 2 is 2.41 bits per heavy atom. The largest absolute Gasteiger partial charge is 0.390 e. The zero-order chi connectivity index (χ0) is 12.5. The average Bonchev–Trinajstić information content (AvgIpc) is 2.76. The molecule has 17 heavy (non-hydrogen) atoms. The van der Waals surface area contributed by atoms with Gasteiger partial charge in [0.15, 0.2) is 0 Å². The molecule has 1 amide bonds. The molecule has 3 atom stereocenters. The van der Waals surface area contributed by atoms with Crippen LogP contribution in [-0.4, -0.2) is 47.3 Å². The molecule has 0 radical (unpaired) electrons. The summed E-state index contributed by atoms with van der Waals surface area (Å²) in [5.74, 6) is -0.0171. The van der Waals surface area contributed by atoms with Crippen LogP contribution in [0.4, 0.5) is 0 Å². The van der Waals surface area contributed by atoms with Crippen molar-refractivity contribution in [2.75, 3.05) is 19.8 Å². The number of carbonyl (C=O) groups is 1. The molecule has 2 aliphatic heterocycles. The lowest BCUT2D eigenvalue weighted by atomic mass is 9.79. The van der Waals surface area contributed by atoms with Gasteiger partial charge in [0.25, 0.3) is 0 Å². The number of hydrogen-bond donors (Lipinski definition) is 1. The highest BCUT2D eigenvalue weighted by molar-refractivity contribution is 5.87. The zero-order valence-electron chi connectivity index (χ0n) is 10.4. The summed E-state index contributed by atoms with van der Waals surface area (Å²) < 4.78 is 5.47. The second-order valence-corrected chi connectivity index (χ2v) is 5.23. The fourth-order valence-corrected chi connectivity index (χ4v) is 2.98. The third kappa shape index (κ3) is 2.38. The van der Waals surface area contributed by atoms with E-state index >= 15 is 0 Å². The van der Waals surface area contributed by atoms with E-state index < -0.39 is 5.60 Å². The summed E-state index contributed by atoms with van der Waals surface area (Å²) >= 11 is 0. The fraction of sp³-hybridized carbons (Fsp3) is 0.769. The third-order valence-corrected chi connectivity index (χ3v) is 4.07. The SMILES string of the molecule is C=CC(=O)N1CCC[C@@H]1[C@@H]1COCC[C@]1(C)O. The zero-order valence-corrected chi connectivity index (χ0v) is 10.4. The molecular formula is C13H21NO3. The van der Waals surface area contributed by atoms with E-state index in [-0.39, 0.29) is 17.9 Å². The van der Waals surface area contributed by atoms with Crippen LogP contribution >= 0.6 is 0 Å². The minimum Gasteiger partial charge on any atom is -0.390 e. The van der Waals surface area contributed by atoms with Gasteiger partial charge in [-0.25, -0.2) is 0 Å². The number of ether oxygens (including phenoxy) is 1. The van der Waals surface area contributed by atoms with Gasteiger partial charge in [0.2, 0.25) is 5.91 Å². The number of aliphatic hydroxyl groups is 1. The molecular weight excluding hydrogens is 218 g/mol. The molecule has 4 nitrogen and oxygen atoms in total. The lowest BCUT2D eigenvalue weighted by Crippen LogP contribution is -2.53. The van der Waals surface area contributed by atoms with Gasteiger partial charge >= 0.3 is 0 Å². The Labute approximate surface area is 102 Å². The van der Waals surface area contributed by atoms with Gasteiger partial charge in [0.05, 0.1) is 12.2 Å². The Hall–Kier alpha value is -0.870. The fourth-order valence-electron chi connectivity index (χ4n) is 2.98. The smallest absolute Gasteiger partial charge is 0.246 e. The van der Waals surface area contributed by atoms with Crippen molar-refractivity contribution in [1.29, 1.82) is 0 Å². The predicted octanol–water partition coefficient (Wildman–Crippen LogP) is 0.951. The Balaban J connectivity index is 2.14. The molecule has 4 heteroatoms. The van der Waals surface area contributed by atoms with E-state index in [1.54, 1.807) is 0 Å². The molecule has 2 saturated heterocycles. The van der Waals surface area contributed by atoms with Crippen molar-refractivity contribution < 1.29 is 14.6 Å². The maximum atomic E-state index is 11.8. The Morgan fingerprint density at radius 3 is 3.06 bits per heavy atom. The van der Waals surface area contributed by atoms with Crippen LogP contribution in [0.1, 0.15) is 26.2 Å². The topological polar surface area (TPSA) is 49.8 Å². The standard InChI is InChI=1S/C13H21NO3/c1-3-12(15)14-7-4-5-11(14)10-9-17-8-6-13(10,2)16/h3,10-11,16H,1,4-9H2,2H3/t10-,11+,13-/m0/s1. The van der Waals surface area contributed by atoms with Gasteiger partial charge in [-0.2, -0.15) is 0 Å². The van der Waals surface area contributed by atoms with Crippen molar-refractivity contribution >= 4 is 5.91 Å². The Kier molecular flexibility index (Phi) is 3.54. The molecule has 96 valence electrons. The molecule has 0 aliphatic carbocycles. The quantitative estimate of drug-likeness (QED) is 0.730. The van der Waals surface area contributed by atoms with Gasteiger partial charge in [-0.1, -0.05) is 6.58 Å². The van der Waals surface area contributed by atoms with Gasteiger partial charge < -0.3 is 14.7 Å². The van der Waals surface area contributed by atoms with E-state index in [1.807, 2.05) is 11.8 Å². The summed E-state index contributed by atoms with van der Waals surface area (Å²) in [4.78, 5) is 13.6. The van der Waals surface area contributed by atoms with Crippen molar-refractivity contribution in [2.24, 2.45) is 5.92 Å². The van der Waals surface area contributed by atoms with Crippen LogP contribution in [0.3, 0.4) is 0 Å². The molecule has 2 aliphatic rings. The molecule has 2 rings (SSSR count). The van der Waals surface area contributed by atoms with Crippen LogP contribution in [0.2, 0.25) is 0 Å². The van der Waals surface area contributed by atoms with Crippen LogP contribution < -0.4 is 0 Å². The van der Waals surface area contributed by atoms with Gasteiger partial charge in [-0.15, -0.1) is 0 Å². The number of carbonyl (C=O) groups excluding carboxylic acids is 1. The number of hydrogen-bond acceptors (Lipinski definition) is 3. The van der Waals surface area contributed by atoms with E-state index in [9.17, 15) is 9.90 Å². The highest BCUT2D eigenvalue weighted by Gasteiger charge is 2.44. The first-order valence-corrected chi connectivity index (χ1v) is 6.29. The molecule has 0 unspecified atom stereocenters. The molecule has 0 aromatic carbocycles. The van der Waals surface area contributed by atoms with Gasteiger partial charge in [-0.3, -0.25) is 4.79 Å². The monoisotopic (exact) mass is 239 g/mol. The molecule has 0 spiro atoms. The first-order valence-electron chi connectivity index (χ1n) is 6.29. The highest BCUT2D eigenvalue weighted by Crippen LogP contribution is 2.35. The molecule has 0 saturated carbocycles. The number of rotatable bonds is 2. The molecule has 2 fully saturated rings. The summed E-state index contributed by atoms with van der Waals surface area (Å²) in [5, 5.41) is 10.4. The van der Waals surface area contributed by atoms with Crippen molar-refractivity contribution in [3.05, 3.63) is 12.7 Å². The predicted molar refractivity (Wildman–Crippen MR) is 64.5 cm³/mol. The van der Waals surface area contributed by atoms with Gasteiger partial charge in [0, 0.05) is 25.1 Å². The minimum atomic E-state index is -0.729. The Bertz CT molecular complexity index is 314. The summed E-state index contributed by atoms with van der Waals surface area (Å²) in [6.45, 7) is 7.30.